The monoisotopic (exact) mass is 396 g/mol. The third kappa shape index (κ3) is 4.87. The Morgan fingerprint density at radius 1 is 1.10 bits per heavy atom. The number of esters is 1. The van der Waals surface area contributed by atoms with E-state index in [1.165, 1.54) is 36.9 Å². The van der Waals surface area contributed by atoms with Crippen molar-refractivity contribution in [3.05, 3.63) is 65.6 Å². The molecule has 1 heterocycles. The molecule has 1 N–H and O–H groups in total. The number of hydrogen-bond donors (Lipinski definition) is 1. The van der Waals surface area contributed by atoms with Crippen LogP contribution < -0.4 is 10.1 Å². The van der Waals surface area contributed by atoms with Gasteiger partial charge in [-0.1, -0.05) is 26.0 Å². The summed E-state index contributed by atoms with van der Waals surface area (Å²) in [5.41, 5.74) is 2.17. The summed E-state index contributed by atoms with van der Waals surface area (Å²) in [6.07, 6.45) is 0. The second-order valence-corrected chi connectivity index (χ2v) is 6.77. The van der Waals surface area contributed by atoms with E-state index in [1.54, 1.807) is 0 Å². The zero-order valence-corrected chi connectivity index (χ0v) is 16.4. The van der Waals surface area contributed by atoms with Crippen molar-refractivity contribution in [3.8, 4) is 5.75 Å². The number of aromatic nitrogens is 1. The molecule has 7 heteroatoms. The van der Waals surface area contributed by atoms with Crippen molar-refractivity contribution in [1.82, 2.24) is 4.98 Å². The lowest BCUT2D eigenvalue weighted by Crippen LogP contribution is -2.20. The van der Waals surface area contributed by atoms with Gasteiger partial charge in [0.1, 0.15) is 11.6 Å². The number of pyridine rings is 1. The average molecular weight is 396 g/mol. The molecule has 3 rings (SSSR count). The molecule has 0 spiro atoms. The van der Waals surface area contributed by atoms with Crippen LogP contribution in [0.4, 0.5) is 10.1 Å². The van der Waals surface area contributed by atoms with Gasteiger partial charge < -0.3 is 14.8 Å². The molecule has 0 unspecified atom stereocenters. The van der Waals surface area contributed by atoms with Crippen molar-refractivity contribution in [2.24, 2.45) is 0 Å². The molecule has 29 heavy (non-hydrogen) atoms. The number of nitrogens with zero attached hydrogens (tertiary/aromatic N) is 1. The van der Waals surface area contributed by atoms with Crippen molar-refractivity contribution in [2.75, 3.05) is 19.0 Å². The minimum atomic E-state index is -0.657. The Kier molecular flexibility index (Phi) is 6.07. The third-order valence-electron chi connectivity index (χ3n) is 4.35. The summed E-state index contributed by atoms with van der Waals surface area (Å²) in [6, 6.07) is 12.8. The quantitative estimate of drug-likeness (QED) is 0.629. The van der Waals surface area contributed by atoms with Gasteiger partial charge >= 0.3 is 5.97 Å². The maximum Gasteiger partial charge on any atom is 0.356 e. The largest absolute Gasteiger partial charge is 0.483 e. The highest BCUT2D eigenvalue weighted by Gasteiger charge is 2.15. The molecule has 0 fully saturated rings. The molecule has 0 saturated heterocycles. The van der Waals surface area contributed by atoms with Gasteiger partial charge in [-0.15, -0.1) is 0 Å². The van der Waals surface area contributed by atoms with Crippen molar-refractivity contribution < 1.29 is 23.5 Å². The highest BCUT2D eigenvalue weighted by Crippen LogP contribution is 2.27. The van der Waals surface area contributed by atoms with Gasteiger partial charge in [0.25, 0.3) is 5.91 Å². The van der Waals surface area contributed by atoms with E-state index in [4.69, 9.17) is 4.74 Å². The van der Waals surface area contributed by atoms with Crippen LogP contribution in [0.2, 0.25) is 0 Å². The van der Waals surface area contributed by atoms with Gasteiger partial charge in [0.15, 0.2) is 12.3 Å². The number of ether oxygens (including phenoxy) is 2. The standard InChI is InChI=1S/C22H21FN2O4/c1-13(2)14-4-7-16(8-5-14)24-21(26)12-29-20-11-19(22(27)28-3)25-18-9-6-15(23)10-17(18)20/h4-11,13H,12H2,1-3H3,(H,24,26). The molecule has 150 valence electrons. The predicted octanol–water partition coefficient (Wildman–Crippen LogP) is 4.30. The fourth-order valence-electron chi connectivity index (χ4n) is 2.79. The van der Waals surface area contributed by atoms with Crippen molar-refractivity contribution >= 4 is 28.5 Å². The van der Waals surface area contributed by atoms with Crippen LogP contribution in [0.3, 0.4) is 0 Å². The number of rotatable bonds is 6. The number of halogens is 1. The van der Waals surface area contributed by atoms with Gasteiger partial charge in [-0.25, -0.2) is 14.2 Å². The summed E-state index contributed by atoms with van der Waals surface area (Å²) < 4.78 is 23.9. The summed E-state index contributed by atoms with van der Waals surface area (Å²) in [5.74, 6) is -0.962. The Hall–Kier alpha value is -3.48. The molecule has 0 aliphatic heterocycles. The fraction of sp³-hybridized carbons (Fsp3) is 0.227. The zero-order chi connectivity index (χ0) is 21.0. The Morgan fingerprint density at radius 2 is 1.83 bits per heavy atom. The second-order valence-electron chi connectivity index (χ2n) is 6.77. The highest BCUT2D eigenvalue weighted by molar-refractivity contribution is 5.95. The number of amides is 1. The molecule has 3 aromatic rings. The summed E-state index contributed by atoms with van der Waals surface area (Å²) >= 11 is 0. The van der Waals surface area contributed by atoms with E-state index in [2.05, 4.69) is 28.9 Å². The molecule has 6 nitrogen and oxygen atoms in total. The summed E-state index contributed by atoms with van der Waals surface area (Å²) in [5, 5.41) is 3.09. The SMILES string of the molecule is COC(=O)c1cc(OCC(=O)Nc2ccc(C(C)C)cc2)c2cc(F)ccc2n1. The third-order valence-corrected chi connectivity index (χ3v) is 4.35. The van der Waals surface area contributed by atoms with Crippen LogP contribution in [0.15, 0.2) is 48.5 Å². The van der Waals surface area contributed by atoms with E-state index in [0.717, 1.165) is 0 Å². The van der Waals surface area contributed by atoms with Gasteiger partial charge in [0.2, 0.25) is 0 Å². The molecule has 0 bridgehead atoms. The predicted molar refractivity (Wildman–Crippen MR) is 108 cm³/mol. The van der Waals surface area contributed by atoms with Gasteiger partial charge in [-0.3, -0.25) is 4.79 Å². The molecule has 0 aliphatic carbocycles. The van der Waals surface area contributed by atoms with E-state index < -0.39 is 11.8 Å². The van der Waals surface area contributed by atoms with Gasteiger partial charge in [-0.05, 0) is 41.8 Å². The Balaban J connectivity index is 1.77. The van der Waals surface area contributed by atoms with E-state index in [1.807, 2.05) is 24.3 Å². The number of fused-ring (bicyclic) bond motifs is 1. The number of anilines is 1. The molecule has 1 aromatic heterocycles. The first-order valence-electron chi connectivity index (χ1n) is 9.08. The first kappa shape index (κ1) is 20.3. The molecule has 0 aliphatic rings. The lowest BCUT2D eigenvalue weighted by atomic mass is 10.0. The average Bonchev–Trinajstić information content (AvgIpc) is 2.71. The van der Waals surface area contributed by atoms with Crippen LogP contribution in [-0.2, 0) is 9.53 Å². The van der Waals surface area contributed by atoms with Crippen LogP contribution >= 0.6 is 0 Å². The number of hydrogen-bond acceptors (Lipinski definition) is 5. The zero-order valence-electron chi connectivity index (χ0n) is 16.4. The second kappa shape index (κ2) is 8.68. The molecular formula is C22H21FN2O4. The molecule has 1 amide bonds. The van der Waals surface area contributed by atoms with Gasteiger partial charge in [-0.2, -0.15) is 0 Å². The Morgan fingerprint density at radius 3 is 2.48 bits per heavy atom. The van der Waals surface area contributed by atoms with Gasteiger partial charge in [0, 0.05) is 17.1 Å². The number of nitrogens with one attached hydrogen (secondary N) is 1. The Bertz CT molecular complexity index is 1050. The summed E-state index contributed by atoms with van der Waals surface area (Å²) in [7, 11) is 1.23. The number of carbonyl (C=O) groups is 2. The van der Waals surface area contributed by atoms with E-state index in [-0.39, 0.29) is 24.0 Å². The van der Waals surface area contributed by atoms with Crippen LogP contribution in [-0.4, -0.2) is 30.6 Å². The molecule has 0 radical (unpaired) electrons. The Labute approximate surface area is 167 Å². The molecule has 0 atom stereocenters. The molecule has 2 aromatic carbocycles. The van der Waals surface area contributed by atoms with E-state index in [0.29, 0.717) is 22.5 Å². The van der Waals surface area contributed by atoms with E-state index in [9.17, 15) is 14.0 Å². The van der Waals surface area contributed by atoms with Crippen LogP contribution in [0.5, 0.6) is 5.75 Å². The summed E-state index contributed by atoms with van der Waals surface area (Å²) in [6.45, 7) is 3.86. The highest BCUT2D eigenvalue weighted by atomic mass is 19.1. The maximum atomic E-state index is 13.7. The summed E-state index contributed by atoms with van der Waals surface area (Å²) in [4.78, 5) is 28.2. The number of carbonyl (C=O) groups excluding carboxylic acids is 2. The molecule has 0 saturated carbocycles. The maximum absolute atomic E-state index is 13.7. The van der Waals surface area contributed by atoms with Crippen molar-refractivity contribution in [3.63, 3.8) is 0 Å². The van der Waals surface area contributed by atoms with Crippen molar-refractivity contribution in [2.45, 2.75) is 19.8 Å². The number of benzene rings is 2. The minimum Gasteiger partial charge on any atom is -0.483 e. The van der Waals surface area contributed by atoms with Crippen molar-refractivity contribution in [1.29, 1.82) is 0 Å². The lowest BCUT2D eigenvalue weighted by Gasteiger charge is -2.12. The normalized spacial score (nSPS) is 10.8. The van der Waals surface area contributed by atoms with Crippen LogP contribution in [0.1, 0.15) is 35.8 Å². The fourth-order valence-corrected chi connectivity index (χ4v) is 2.79. The first-order chi connectivity index (χ1) is 13.9. The lowest BCUT2D eigenvalue weighted by molar-refractivity contribution is -0.118. The first-order valence-corrected chi connectivity index (χ1v) is 9.08. The molecular weight excluding hydrogens is 375 g/mol. The topological polar surface area (TPSA) is 77.5 Å². The van der Waals surface area contributed by atoms with Crippen LogP contribution in [0, 0.1) is 5.82 Å². The van der Waals surface area contributed by atoms with E-state index >= 15 is 0 Å². The minimum absolute atomic E-state index is 0.00582. The van der Waals surface area contributed by atoms with Crippen LogP contribution in [0.25, 0.3) is 10.9 Å². The van der Waals surface area contributed by atoms with Gasteiger partial charge in [0.05, 0.1) is 12.6 Å². The smallest absolute Gasteiger partial charge is 0.356 e. The number of methoxy groups -OCH3 is 1.